The number of nitrogens with zero attached hydrogens (tertiary/aromatic N) is 2. The van der Waals surface area contributed by atoms with Gasteiger partial charge in [0.05, 0.1) is 11.6 Å². The predicted octanol–water partition coefficient (Wildman–Crippen LogP) is 2.95. The molecule has 0 amide bonds. The lowest BCUT2D eigenvalue weighted by atomic mass is 10.2. The van der Waals surface area contributed by atoms with Gasteiger partial charge in [0.25, 0.3) is 0 Å². The Morgan fingerprint density at radius 1 is 1.47 bits per heavy atom. The first-order chi connectivity index (χ1) is 9.11. The first-order valence-corrected chi connectivity index (χ1v) is 6.50. The summed E-state index contributed by atoms with van der Waals surface area (Å²) in [5, 5.41) is 19.7. The summed E-state index contributed by atoms with van der Waals surface area (Å²) < 4.78 is 0. The van der Waals surface area contributed by atoms with Gasteiger partial charge in [-0.2, -0.15) is 5.26 Å². The fourth-order valence-corrected chi connectivity index (χ4v) is 2.56. The van der Waals surface area contributed by atoms with E-state index in [9.17, 15) is 4.79 Å². The molecule has 1 heterocycles. The Morgan fingerprint density at radius 3 is 2.95 bits per heavy atom. The monoisotopic (exact) mass is 272 g/mol. The van der Waals surface area contributed by atoms with Crippen LogP contribution in [-0.2, 0) is 6.54 Å². The Balaban J connectivity index is 2.21. The third-order valence-corrected chi connectivity index (χ3v) is 3.71. The van der Waals surface area contributed by atoms with Crippen LogP contribution in [0.5, 0.6) is 0 Å². The van der Waals surface area contributed by atoms with Crippen molar-refractivity contribution in [3.8, 4) is 6.07 Å². The fourth-order valence-electron chi connectivity index (χ4n) is 1.81. The van der Waals surface area contributed by atoms with Gasteiger partial charge in [-0.15, -0.1) is 11.3 Å². The Hall–Kier alpha value is -2.32. The van der Waals surface area contributed by atoms with E-state index in [2.05, 4.69) is 6.07 Å². The van der Waals surface area contributed by atoms with Crippen LogP contribution in [-0.4, -0.2) is 18.1 Å². The van der Waals surface area contributed by atoms with E-state index in [1.807, 2.05) is 30.1 Å². The predicted molar refractivity (Wildman–Crippen MR) is 74.5 cm³/mol. The van der Waals surface area contributed by atoms with E-state index in [4.69, 9.17) is 10.4 Å². The molecule has 0 spiro atoms. The maximum absolute atomic E-state index is 11.1. The second-order valence-electron chi connectivity index (χ2n) is 4.10. The lowest BCUT2D eigenvalue weighted by Gasteiger charge is -2.19. The van der Waals surface area contributed by atoms with Gasteiger partial charge in [-0.05, 0) is 35.2 Å². The molecule has 0 aliphatic carbocycles. The van der Waals surface area contributed by atoms with Gasteiger partial charge in [-0.3, -0.25) is 0 Å². The van der Waals surface area contributed by atoms with Gasteiger partial charge in [0.15, 0.2) is 0 Å². The second-order valence-corrected chi connectivity index (χ2v) is 5.01. The average Bonchev–Trinajstić information content (AvgIpc) is 2.87. The van der Waals surface area contributed by atoms with Gasteiger partial charge in [-0.1, -0.05) is 6.07 Å². The minimum Gasteiger partial charge on any atom is -0.477 e. The Labute approximate surface area is 115 Å². The molecule has 0 saturated carbocycles. The molecule has 19 heavy (non-hydrogen) atoms. The van der Waals surface area contributed by atoms with Gasteiger partial charge >= 0.3 is 5.97 Å². The summed E-state index contributed by atoms with van der Waals surface area (Å²) >= 11 is 1.22. The van der Waals surface area contributed by atoms with Crippen molar-refractivity contribution in [2.45, 2.75) is 6.54 Å². The van der Waals surface area contributed by atoms with E-state index < -0.39 is 5.97 Å². The van der Waals surface area contributed by atoms with E-state index in [0.29, 0.717) is 17.0 Å². The first kappa shape index (κ1) is 13.1. The van der Waals surface area contributed by atoms with E-state index >= 15 is 0 Å². The normalized spacial score (nSPS) is 9.89. The SMILES string of the molecule is CN(Cc1ccsc1C(=O)O)c1cccc(C#N)c1. The molecule has 1 N–H and O–H groups in total. The number of aromatic carboxylic acids is 1. The molecule has 96 valence electrons. The number of rotatable bonds is 4. The van der Waals surface area contributed by atoms with Crippen molar-refractivity contribution in [3.63, 3.8) is 0 Å². The Bertz CT molecular complexity index is 643. The zero-order valence-corrected chi connectivity index (χ0v) is 11.1. The molecular formula is C14H12N2O2S. The van der Waals surface area contributed by atoms with Gasteiger partial charge in [0.1, 0.15) is 4.88 Å². The quantitative estimate of drug-likeness (QED) is 0.929. The highest BCUT2D eigenvalue weighted by Gasteiger charge is 2.13. The van der Waals surface area contributed by atoms with Crippen LogP contribution in [0.4, 0.5) is 5.69 Å². The minimum absolute atomic E-state index is 0.364. The molecule has 2 aromatic rings. The summed E-state index contributed by atoms with van der Waals surface area (Å²) in [4.78, 5) is 13.3. The maximum atomic E-state index is 11.1. The van der Waals surface area contributed by atoms with Crippen molar-refractivity contribution in [2.75, 3.05) is 11.9 Å². The molecule has 4 nitrogen and oxygen atoms in total. The van der Waals surface area contributed by atoms with Crippen LogP contribution in [0.25, 0.3) is 0 Å². The lowest BCUT2D eigenvalue weighted by Crippen LogP contribution is -2.17. The topological polar surface area (TPSA) is 64.3 Å². The number of nitriles is 1. The third kappa shape index (κ3) is 2.92. The molecular weight excluding hydrogens is 260 g/mol. The van der Waals surface area contributed by atoms with E-state index in [-0.39, 0.29) is 0 Å². The summed E-state index contributed by atoms with van der Waals surface area (Å²) in [7, 11) is 1.87. The minimum atomic E-state index is -0.899. The van der Waals surface area contributed by atoms with Crippen molar-refractivity contribution >= 4 is 23.0 Å². The molecule has 0 fully saturated rings. The summed E-state index contributed by atoms with van der Waals surface area (Å²) in [6, 6.07) is 11.1. The number of carbonyl (C=O) groups is 1. The van der Waals surface area contributed by atoms with Crippen molar-refractivity contribution in [1.29, 1.82) is 5.26 Å². The summed E-state index contributed by atoms with van der Waals surface area (Å²) in [6.45, 7) is 0.500. The zero-order valence-electron chi connectivity index (χ0n) is 10.3. The molecule has 0 unspecified atom stereocenters. The molecule has 0 saturated heterocycles. The van der Waals surface area contributed by atoms with Crippen LogP contribution in [0.1, 0.15) is 20.8 Å². The van der Waals surface area contributed by atoms with Crippen molar-refractivity contribution in [1.82, 2.24) is 0 Å². The molecule has 5 heteroatoms. The van der Waals surface area contributed by atoms with E-state index in [1.54, 1.807) is 17.5 Å². The second kappa shape index (κ2) is 5.55. The Morgan fingerprint density at radius 2 is 2.26 bits per heavy atom. The van der Waals surface area contributed by atoms with Crippen molar-refractivity contribution < 1.29 is 9.90 Å². The molecule has 2 rings (SSSR count). The van der Waals surface area contributed by atoms with Crippen LogP contribution in [0.3, 0.4) is 0 Å². The standard InChI is InChI=1S/C14H12N2O2S/c1-16(12-4-2-3-10(7-12)8-15)9-11-5-6-19-13(11)14(17)18/h2-7H,9H2,1H3,(H,17,18). The van der Waals surface area contributed by atoms with E-state index in [1.165, 1.54) is 11.3 Å². The first-order valence-electron chi connectivity index (χ1n) is 5.63. The van der Waals surface area contributed by atoms with Crippen LogP contribution >= 0.6 is 11.3 Å². The average molecular weight is 272 g/mol. The third-order valence-electron chi connectivity index (χ3n) is 2.76. The molecule has 1 aromatic heterocycles. The summed E-state index contributed by atoms with van der Waals surface area (Å²) in [5.41, 5.74) is 2.26. The number of hydrogen-bond donors (Lipinski definition) is 1. The molecule has 0 aliphatic heterocycles. The summed E-state index contributed by atoms with van der Waals surface area (Å²) in [6.07, 6.45) is 0. The van der Waals surface area contributed by atoms with Gasteiger partial charge in [0, 0.05) is 19.3 Å². The number of carboxylic acids is 1. The molecule has 0 atom stereocenters. The van der Waals surface area contributed by atoms with Crippen LogP contribution in [0.2, 0.25) is 0 Å². The number of carboxylic acid groups (broad SMARTS) is 1. The van der Waals surface area contributed by atoms with Gasteiger partial charge < -0.3 is 10.0 Å². The van der Waals surface area contributed by atoms with Gasteiger partial charge in [0.2, 0.25) is 0 Å². The maximum Gasteiger partial charge on any atom is 0.346 e. The van der Waals surface area contributed by atoms with E-state index in [0.717, 1.165) is 11.3 Å². The number of hydrogen-bond acceptors (Lipinski definition) is 4. The highest BCUT2D eigenvalue weighted by atomic mass is 32.1. The number of benzene rings is 1. The number of thiophene rings is 1. The van der Waals surface area contributed by atoms with Crippen LogP contribution in [0, 0.1) is 11.3 Å². The lowest BCUT2D eigenvalue weighted by molar-refractivity contribution is 0.0701. The van der Waals surface area contributed by atoms with Crippen LogP contribution in [0.15, 0.2) is 35.7 Å². The zero-order chi connectivity index (χ0) is 13.8. The van der Waals surface area contributed by atoms with Crippen molar-refractivity contribution in [3.05, 3.63) is 51.7 Å². The molecule has 0 aliphatic rings. The molecule has 0 bridgehead atoms. The molecule has 0 radical (unpaired) electrons. The Kier molecular flexibility index (Phi) is 3.83. The summed E-state index contributed by atoms with van der Waals surface area (Å²) in [5.74, 6) is -0.899. The largest absolute Gasteiger partial charge is 0.477 e. The highest BCUT2D eigenvalue weighted by Crippen LogP contribution is 2.22. The molecule has 1 aromatic carbocycles. The van der Waals surface area contributed by atoms with Crippen LogP contribution < -0.4 is 4.90 Å². The highest BCUT2D eigenvalue weighted by molar-refractivity contribution is 7.12. The van der Waals surface area contributed by atoms with Crippen molar-refractivity contribution in [2.24, 2.45) is 0 Å². The number of anilines is 1. The fraction of sp³-hybridized carbons (Fsp3) is 0.143. The van der Waals surface area contributed by atoms with Gasteiger partial charge in [-0.25, -0.2) is 4.79 Å². The smallest absolute Gasteiger partial charge is 0.346 e.